The van der Waals surface area contributed by atoms with Crippen molar-refractivity contribution in [3.63, 3.8) is 0 Å². The number of nitrogens with one attached hydrogen (secondary N) is 3. The maximum Gasteiger partial charge on any atom is 0.315 e. The predicted molar refractivity (Wildman–Crippen MR) is 88.5 cm³/mol. The number of amides is 2. The highest BCUT2D eigenvalue weighted by Crippen LogP contribution is 2.29. The van der Waals surface area contributed by atoms with Gasteiger partial charge in [0.2, 0.25) is 0 Å². The van der Waals surface area contributed by atoms with E-state index in [2.05, 4.69) is 34.7 Å². The number of hydrogen-bond donors (Lipinski definition) is 4. The lowest BCUT2D eigenvalue weighted by Gasteiger charge is -2.34. The lowest BCUT2D eigenvalue weighted by Crippen LogP contribution is -2.48. The summed E-state index contributed by atoms with van der Waals surface area (Å²) in [6, 6.07) is 2.19. The van der Waals surface area contributed by atoms with Crippen LogP contribution >= 0.6 is 0 Å². The highest BCUT2D eigenvalue weighted by atomic mass is 16.2. The van der Waals surface area contributed by atoms with Gasteiger partial charge in [0.15, 0.2) is 5.82 Å². The summed E-state index contributed by atoms with van der Waals surface area (Å²) in [7, 11) is 0. The zero-order valence-electron chi connectivity index (χ0n) is 13.9. The molecular weight excluding hydrogens is 292 g/mol. The molecule has 0 radical (unpaired) electrons. The average molecular weight is 318 g/mol. The van der Waals surface area contributed by atoms with Crippen molar-refractivity contribution in [3.8, 4) is 6.07 Å². The number of aryl methyl sites for hydroxylation is 1. The molecule has 2 amide bonds. The maximum absolute atomic E-state index is 12.0. The maximum atomic E-state index is 12.0. The summed E-state index contributed by atoms with van der Waals surface area (Å²) in [5.74, 6) is 1.40. The number of carbonyl (C=O) groups excluding carboxylic acids is 1. The number of aromatic amines is 1. The standard InChI is InChI=1S/C16H26N6O/c1-10-5-3-6-13(11(10)2)20-16(23)19-8-4-7-14-12(9-17)15(18)22-21-14/h10-11,13H,3-8H2,1-2H3,(H3,18,21,22)(H2,19,20,23)/t10-,11+,13+/m1/s1. The summed E-state index contributed by atoms with van der Waals surface area (Å²) in [5.41, 5.74) is 6.71. The minimum Gasteiger partial charge on any atom is -0.381 e. The molecular formula is C16H26N6O. The second-order valence-electron chi connectivity index (χ2n) is 6.45. The summed E-state index contributed by atoms with van der Waals surface area (Å²) >= 11 is 0. The van der Waals surface area contributed by atoms with Gasteiger partial charge in [0.1, 0.15) is 11.6 Å². The van der Waals surface area contributed by atoms with Gasteiger partial charge in [-0.1, -0.05) is 26.7 Å². The normalized spacial score (nSPS) is 24.0. The molecule has 5 N–H and O–H groups in total. The van der Waals surface area contributed by atoms with Gasteiger partial charge in [0.25, 0.3) is 0 Å². The SMILES string of the molecule is C[C@H]1[C@H](C)CCC[C@@H]1NC(=O)NCCCc1[nH]nc(N)c1C#N. The van der Waals surface area contributed by atoms with Crippen LogP contribution in [0.15, 0.2) is 0 Å². The van der Waals surface area contributed by atoms with Gasteiger partial charge in [-0.2, -0.15) is 10.4 Å². The first kappa shape index (κ1) is 17.1. The lowest BCUT2D eigenvalue weighted by atomic mass is 9.78. The molecule has 1 heterocycles. The van der Waals surface area contributed by atoms with Crippen LogP contribution in [-0.4, -0.2) is 28.8 Å². The number of rotatable bonds is 5. The first-order valence-corrected chi connectivity index (χ1v) is 8.30. The quantitative estimate of drug-likeness (QED) is 0.620. The smallest absolute Gasteiger partial charge is 0.315 e. The fraction of sp³-hybridized carbons (Fsp3) is 0.688. The van der Waals surface area contributed by atoms with Crippen molar-refractivity contribution >= 4 is 11.8 Å². The molecule has 0 spiro atoms. The molecule has 0 bridgehead atoms. The molecule has 7 heteroatoms. The van der Waals surface area contributed by atoms with Gasteiger partial charge < -0.3 is 16.4 Å². The van der Waals surface area contributed by atoms with Gasteiger partial charge in [0.05, 0.1) is 5.69 Å². The van der Waals surface area contributed by atoms with Crippen molar-refractivity contribution in [2.75, 3.05) is 12.3 Å². The number of nitrogens with zero attached hydrogens (tertiary/aromatic N) is 2. The Morgan fingerprint density at radius 2 is 2.26 bits per heavy atom. The van der Waals surface area contributed by atoms with Crippen molar-refractivity contribution in [3.05, 3.63) is 11.3 Å². The number of anilines is 1. The summed E-state index contributed by atoms with van der Waals surface area (Å²) < 4.78 is 0. The highest BCUT2D eigenvalue weighted by molar-refractivity contribution is 5.74. The minimum absolute atomic E-state index is 0.111. The van der Waals surface area contributed by atoms with E-state index in [9.17, 15) is 4.79 Å². The molecule has 0 unspecified atom stereocenters. The van der Waals surface area contributed by atoms with E-state index in [1.165, 1.54) is 12.8 Å². The second kappa shape index (κ2) is 7.86. The molecule has 0 aromatic carbocycles. The van der Waals surface area contributed by atoms with Crippen LogP contribution in [0.2, 0.25) is 0 Å². The molecule has 1 aliphatic carbocycles. The monoisotopic (exact) mass is 318 g/mol. The first-order chi connectivity index (χ1) is 11.0. The molecule has 1 fully saturated rings. The van der Waals surface area contributed by atoms with E-state index >= 15 is 0 Å². The Balaban J connectivity index is 1.70. The number of nitrogens with two attached hydrogens (primary N) is 1. The molecule has 1 aromatic rings. The van der Waals surface area contributed by atoms with Crippen LogP contribution in [0.5, 0.6) is 0 Å². The Morgan fingerprint density at radius 1 is 1.48 bits per heavy atom. The number of carbonyl (C=O) groups is 1. The molecule has 1 aliphatic rings. The summed E-state index contributed by atoms with van der Waals surface area (Å²) in [4.78, 5) is 12.0. The molecule has 0 aliphatic heterocycles. The van der Waals surface area contributed by atoms with Crippen LogP contribution < -0.4 is 16.4 Å². The van der Waals surface area contributed by atoms with E-state index in [1.807, 2.05) is 6.07 Å². The highest BCUT2D eigenvalue weighted by Gasteiger charge is 2.27. The fourth-order valence-electron chi connectivity index (χ4n) is 3.17. The number of H-pyrrole nitrogens is 1. The molecule has 2 rings (SSSR count). The summed E-state index contributed by atoms with van der Waals surface area (Å²) in [5, 5.41) is 21.5. The van der Waals surface area contributed by atoms with Crippen LogP contribution in [0.1, 0.15) is 50.8 Å². The van der Waals surface area contributed by atoms with Gasteiger partial charge in [-0.05, 0) is 31.1 Å². The number of aromatic nitrogens is 2. The predicted octanol–water partition coefficient (Wildman–Crippen LogP) is 1.92. The zero-order chi connectivity index (χ0) is 16.8. The van der Waals surface area contributed by atoms with E-state index in [1.54, 1.807) is 0 Å². The Kier molecular flexibility index (Phi) is 5.85. The third-order valence-electron chi connectivity index (χ3n) is 4.89. The van der Waals surface area contributed by atoms with Gasteiger partial charge in [-0.15, -0.1) is 0 Å². The van der Waals surface area contributed by atoms with Gasteiger partial charge in [0, 0.05) is 12.6 Å². The second-order valence-corrected chi connectivity index (χ2v) is 6.45. The Hall–Kier alpha value is -2.23. The van der Waals surface area contributed by atoms with Crippen molar-refractivity contribution in [2.45, 2.75) is 52.0 Å². The molecule has 7 nitrogen and oxygen atoms in total. The lowest BCUT2D eigenvalue weighted by molar-refractivity contribution is 0.195. The van der Waals surface area contributed by atoms with Crippen LogP contribution in [0, 0.1) is 23.2 Å². The van der Waals surface area contributed by atoms with E-state index in [4.69, 9.17) is 11.0 Å². The number of urea groups is 1. The van der Waals surface area contributed by atoms with Gasteiger partial charge in [-0.25, -0.2) is 4.79 Å². The number of nitrogen functional groups attached to an aromatic ring is 1. The third-order valence-corrected chi connectivity index (χ3v) is 4.89. The Morgan fingerprint density at radius 3 is 3.00 bits per heavy atom. The average Bonchev–Trinajstić information content (AvgIpc) is 2.88. The Bertz CT molecular complexity index is 576. The third kappa shape index (κ3) is 4.38. The van der Waals surface area contributed by atoms with Crippen LogP contribution in [0.25, 0.3) is 0 Å². The number of hydrogen-bond acceptors (Lipinski definition) is 4. The topological polar surface area (TPSA) is 120 Å². The van der Waals surface area contributed by atoms with Crippen LogP contribution in [-0.2, 0) is 6.42 Å². The van der Waals surface area contributed by atoms with Crippen LogP contribution in [0.3, 0.4) is 0 Å². The van der Waals surface area contributed by atoms with Gasteiger partial charge >= 0.3 is 6.03 Å². The van der Waals surface area contributed by atoms with Crippen molar-refractivity contribution in [2.24, 2.45) is 11.8 Å². The molecule has 126 valence electrons. The molecule has 23 heavy (non-hydrogen) atoms. The largest absolute Gasteiger partial charge is 0.381 e. The van der Waals surface area contributed by atoms with E-state index in [0.717, 1.165) is 18.5 Å². The Labute approximate surface area is 137 Å². The van der Waals surface area contributed by atoms with Gasteiger partial charge in [-0.3, -0.25) is 5.10 Å². The first-order valence-electron chi connectivity index (χ1n) is 8.30. The van der Waals surface area contributed by atoms with Crippen LogP contribution in [0.4, 0.5) is 10.6 Å². The van der Waals surface area contributed by atoms with E-state index < -0.39 is 0 Å². The summed E-state index contributed by atoms with van der Waals surface area (Å²) in [6.07, 6.45) is 4.83. The molecule has 0 saturated heterocycles. The van der Waals surface area contributed by atoms with Crippen molar-refractivity contribution in [1.82, 2.24) is 20.8 Å². The van der Waals surface area contributed by atoms with Crippen molar-refractivity contribution < 1.29 is 4.79 Å². The van der Waals surface area contributed by atoms with E-state index in [0.29, 0.717) is 30.4 Å². The summed E-state index contributed by atoms with van der Waals surface area (Å²) in [6.45, 7) is 5.01. The van der Waals surface area contributed by atoms with E-state index in [-0.39, 0.29) is 17.9 Å². The minimum atomic E-state index is -0.111. The number of nitriles is 1. The molecule has 3 atom stereocenters. The fourth-order valence-corrected chi connectivity index (χ4v) is 3.17. The molecule has 1 saturated carbocycles. The molecule has 1 aromatic heterocycles. The zero-order valence-corrected chi connectivity index (χ0v) is 13.9. The van der Waals surface area contributed by atoms with Crippen molar-refractivity contribution in [1.29, 1.82) is 5.26 Å².